The van der Waals surface area contributed by atoms with Crippen molar-refractivity contribution >= 4 is 11.7 Å². The number of aromatic nitrogens is 3. The van der Waals surface area contributed by atoms with Crippen molar-refractivity contribution in [1.82, 2.24) is 14.8 Å². The lowest BCUT2D eigenvalue weighted by Crippen LogP contribution is -2.10. The number of hydrogen-bond acceptors (Lipinski definition) is 5. The van der Waals surface area contributed by atoms with E-state index in [4.69, 9.17) is 10.5 Å². The molecule has 1 aromatic heterocycles. The van der Waals surface area contributed by atoms with E-state index in [1.807, 2.05) is 31.2 Å². The van der Waals surface area contributed by atoms with E-state index in [1.165, 1.54) is 6.33 Å². The summed E-state index contributed by atoms with van der Waals surface area (Å²) in [6.07, 6.45) is 2.44. The second kappa shape index (κ2) is 6.70. The number of aryl methyl sites for hydroxylation is 2. The van der Waals surface area contributed by atoms with Crippen LogP contribution >= 0.6 is 0 Å². The van der Waals surface area contributed by atoms with Crippen LogP contribution in [0.2, 0.25) is 0 Å². The van der Waals surface area contributed by atoms with E-state index >= 15 is 0 Å². The van der Waals surface area contributed by atoms with Gasteiger partial charge >= 0.3 is 5.97 Å². The van der Waals surface area contributed by atoms with Crippen molar-refractivity contribution in [1.29, 1.82) is 0 Å². The molecule has 0 radical (unpaired) electrons. The number of carbonyl (C=O) groups is 1. The molecule has 0 aliphatic carbocycles. The number of hydrogen-bond donors (Lipinski definition) is 1. The maximum Gasteiger partial charge on any atom is 0.306 e. The second-order valence-electron chi connectivity index (χ2n) is 4.39. The molecule has 6 heteroatoms. The van der Waals surface area contributed by atoms with Crippen molar-refractivity contribution < 1.29 is 9.53 Å². The molecule has 1 heterocycles. The molecule has 6 nitrogen and oxygen atoms in total. The smallest absolute Gasteiger partial charge is 0.306 e. The van der Waals surface area contributed by atoms with Crippen molar-refractivity contribution in [3.8, 4) is 0 Å². The Morgan fingerprint density at radius 2 is 2.10 bits per heavy atom. The number of nitrogens with two attached hydrogens (primary N) is 1. The van der Waals surface area contributed by atoms with Gasteiger partial charge in [0.2, 0.25) is 0 Å². The van der Waals surface area contributed by atoms with Crippen LogP contribution in [0.1, 0.15) is 24.7 Å². The SMILES string of the molecule is CCn1ncnc1COC(=O)CCc1ccc(N)cc1. The van der Waals surface area contributed by atoms with Gasteiger partial charge in [-0.05, 0) is 31.0 Å². The van der Waals surface area contributed by atoms with Crippen LogP contribution in [-0.4, -0.2) is 20.7 Å². The summed E-state index contributed by atoms with van der Waals surface area (Å²) in [5.74, 6) is 0.417. The summed E-state index contributed by atoms with van der Waals surface area (Å²) in [5, 5.41) is 4.02. The third-order valence-corrected chi connectivity index (χ3v) is 2.96. The van der Waals surface area contributed by atoms with Crippen molar-refractivity contribution in [2.75, 3.05) is 5.73 Å². The molecule has 0 aliphatic heterocycles. The van der Waals surface area contributed by atoms with E-state index < -0.39 is 0 Å². The second-order valence-corrected chi connectivity index (χ2v) is 4.39. The molecule has 2 aromatic rings. The van der Waals surface area contributed by atoms with Crippen molar-refractivity contribution in [2.24, 2.45) is 0 Å². The zero-order valence-corrected chi connectivity index (χ0v) is 11.5. The first kappa shape index (κ1) is 14.0. The lowest BCUT2D eigenvalue weighted by atomic mass is 10.1. The lowest BCUT2D eigenvalue weighted by molar-refractivity contribution is -0.145. The lowest BCUT2D eigenvalue weighted by Gasteiger charge is -2.05. The summed E-state index contributed by atoms with van der Waals surface area (Å²) in [7, 11) is 0. The van der Waals surface area contributed by atoms with Gasteiger partial charge in [-0.3, -0.25) is 4.79 Å². The first-order valence-electron chi connectivity index (χ1n) is 6.55. The maximum absolute atomic E-state index is 11.7. The number of rotatable bonds is 6. The summed E-state index contributed by atoms with van der Waals surface area (Å²) in [6, 6.07) is 7.47. The Balaban J connectivity index is 1.77. The maximum atomic E-state index is 11.7. The molecule has 0 saturated heterocycles. The van der Waals surface area contributed by atoms with E-state index in [2.05, 4.69) is 10.1 Å². The summed E-state index contributed by atoms with van der Waals surface area (Å²) in [6.45, 7) is 2.83. The van der Waals surface area contributed by atoms with E-state index in [0.29, 0.717) is 25.2 Å². The molecule has 0 amide bonds. The molecule has 20 heavy (non-hydrogen) atoms. The molecule has 1 aromatic carbocycles. The molecule has 0 atom stereocenters. The van der Waals surface area contributed by atoms with E-state index in [9.17, 15) is 4.79 Å². The Labute approximate surface area is 117 Å². The Hall–Kier alpha value is -2.37. The van der Waals surface area contributed by atoms with Crippen LogP contribution in [0, 0.1) is 0 Å². The largest absolute Gasteiger partial charge is 0.457 e. The fourth-order valence-electron chi connectivity index (χ4n) is 1.81. The first-order valence-corrected chi connectivity index (χ1v) is 6.55. The molecule has 0 saturated carbocycles. The Morgan fingerprint density at radius 1 is 1.35 bits per heavy atom. The molecular formula is C14H18N4O2. The predicted octanol–water partition coefficient (Wildman–Crippen LogP) is 1.56. The number of nitrogens with zero attached hydrogens (tertiary/aromatic N) is 3. The van der Waals surface area contributed by atoms with Gasteiger partial charge in [0.25, 0.3) is 0 Å². The summed E-state index contributed by atoms with van der Waals surface area (Å²) in [4.78, 5) is 15.7. The van der Waals surface area contributed by atoms with Gasteiger partial charge in [0, 0.05) is 18.7 Å². The van der Waals surface area contributed by atoms with Crippen LogP contribution in [0.3, 0.4) is 0 Å². The third-order valence-electron chi connectivity index (χ3n) is 2.96. The van der Waals surface area contributed by atoms with Gasteiger partial charge in [0.1, 0.15) is 6.33 Å². The average molecular weight is 274 g/mol. The molecule has 106 valence electrons. The topological polar surface area (TPSA) is 83.0 Å². The number of benzene rings is 1. The Bertz CT molecular complexity index is 563. The number of nitrogen functional groups attached to an aromatic ring is 1. The van der Waals surface area contributed by atoms with Gasteiger partial charge in [-0.1, -0.05) is 12.1 Å². The van der Waals surface area contributed by atoms with E-state index in [1.54, 1.807) is 4.68 Å². The van der Waals surface area contributed by atoms with Crippen LogP contribution in [0.25, 0.3) is 0 Å². The number of carbonyl (C=O) groups excluding carboxylic acids is 1. The molecular weight excluding hydrogens is 256 g/mol. The van der Waals surface area contributed by atoms with Crippen molar-refractivity contribution in [3.05, 3.63) is 42.0 Å². The first-order chi connectivity index (χ1) is 9.69. The van der Waals surface area contributed by atoms with E-state index in [0.717, 1.165) is 11.3 Å². The molecule has 0 aliphatic rings. The minimum atomic E-state index is -0.243. The number of anilines is 1. The van der Waals surface area contributed by atoms with Crippen LogP contribution in [0.4, 0.5) is 5.69 Å². The van der Waals surface area contributed by atoms with Gasteiger partial charge in [0.15, 0.2) is 12.4 Å². The van der Waals surface area contributed by atoms with Crippen LogP contribution in [0.5, 0.6) is 0 Å². The highest BCUT2D eigenvalue weighted by Crippen LogP contribution is 2.08. The fourth-order valence-corrected chi connectivity index (χ4v) is 1.81. The van der Waals surface area contributed by atoms with Gasteiger partial charge in [-0.2, -0.15) is 5.10 Å². The zero-order valence-electron chi connectivity index (χ0n) is 11.5. The van der Waals surface area contributed by atoms with Crippen LogP contribution in [-0.2, 0) is 29.1 Å². The van der Waals surface area contributed by atoms with Crippen LogP contribution < -0.4 is 5.73 Å². The molecule has 0 bridgehead atoms. The van der Waals surface area contributed by atoms with Crippen molar-refractivity contribution in [2.45, 2.75) is 32.9 Å². The molecule has 2 N–H and O–H groups in total. The van der Waals surface area contributed by atoms with Gasteiger partial charge < -0.3 is 10.5 Å². The number of ether oxygens (including phenoxy) is 1. The van der Waals surface area contributed by atoms with E-state index in [-0.39, 0.29) is 12.6 Å². The highest BCUT2D eigenvalue weighted by Gasteiger charge is 2.08. The fraction of sp³-hybridized carbons (Fsp3) is 0.357. The molecule has 0 fully saturated rings. The highest BCUT2D eigenvalue weighted by atomic mass is 16.5. The highest BCUT2D eigenvalue weighted by molar-refractivity contribution is 5.69. The standard InChI is InChI=1S/C14H18N4O2/c1-2-18-13(16-10-17-18)9-20-14(19)8-5-11-3-6-12(15)7-4-11/h3-4,6-7,10H,2,5,8-9,15H2,1H3. The normalized spacial score (nSPS) is 10.4. The molecule has 0 unspecified atom stereocenters. The quantitative estimate of drug-likeness (QED) is 0.638. The summed E-state index contributed by atoms with van der Waals surface area (Å²) < 4.78 is 6.89. The third kappa shape index (κ3) is 3.81. The summed E-state index contributed by atoms with van der Waals surface area (Å²) >= 11 is 0. The molecule has 0 spiro atoms. The number of esters is 1. The monoisotopic (exact) mass is 274 g/mol. The van der Waals surface area contributed by atoms with Crippen molar-refractivity contribution in [3.63, 3.8) is 0 Å². The molecule has 2 rings (SSSR count). The average Bonchev–Trinajstić information content (AvgIpc) is 2.92. The Morgan fingerprint density at radius 3 is 2.80 bits per heavy atom. The minimum absolute atomic E-state index is 0.161. The Kier molecular flexibility index (Phi) is 4.70. The van der Waals surface area contributed by atoms with Crippen LogP contribution in [0.15, 0.2) is 30.6 Å². The predicted molar refractivity (Wildman–Crippen MR) is 74.7 cm³/mol. The minimum Gasteiger partial charge on any atom is -0.457 e. The van der Waals surface area contributed by atoms with Gasteiger partial charge in [-0.25, -0.2) is 9.67 Å². The summed E-state index contributed by atoms with van der Waals surface area (Å²) in [5.41, 5.74) is 7.39. The van der Waals surface area contributed by atoms with Gasteiger partial charge in [0.05, 0.1) is 0 Å². The zero-order chi connectivity index (χ0) is 14.4. The van der Waals surface area contributed by atoms with Gasteiger partial charge in [-0.15, -0.1) is 0 Å².